The average Bonchev–Trinajstić information content (AvgIpc) is 2.30. The minimum atomic E-state index is -0.717. The van der Waals surface area contributed by atoms with Crippen LogP contribution in [0.3, 0.4) is 0 Å². The second kappa shape index (κ2) is 5.49. The number of benzene rings is 1. The van der Waals surface area contributed by atoms with Crippen LogP contribution in [-0.2, 0) is 0 Å². The summed E-state index contributed by atoms with van der Waals surface area (Å²) in [7, 11) is 0. The van der Waals surface area contributed by atoms with Crippen LogP contribution in [0.2, 0.25) is 5.02 Å². The van der Waals surface area contributed by atoms with Crippen molar-refractivity contribution in [1.82, 2.24) is 5.32 Å². The topological polar surface area (TPSA) is 87.7 Å². The molecule has 5 nitrogen and oxygen atoms in total. The molecule has 17 heavy (non-hydrogen) atoms. The Balaban J connectivity index is 2.87. The number of hydrogen-bond donors (Lipinski definition) is 3. The van der Waals surface area contributed by atoms with Gasteiger partial charge in [0.1, 0.15) is 5.82 Å². The molecule has 0 saturated carbocycles. The van der Waals surface area contributed by atoms with Crippen molar-refractivity contribution in [3.63, 3.8) is 0 Å². The largest absolute Gasteiger partial charge is 0.409 e. The Morgan fingerprint density at radius 2 is 2.29 bits per heavy atom. The lowest BCUT2D eigenvalue weighted by atomic mass is 10.2. The van der Waals surface area contributed by atoms with Gasteiger partial charge in [-0.25, -0.2) is 4.39 Å². The molecule has 92 valence electrons. The first-order valence-corrected chi connectivity index (χ1v) is 5.07. The molecule has 0 aliphatic carbocycles. The van der Waals surface area contributed by atoms with Gasteiger partial charge in [-0.15, -0.1) is 0 Å². The first kappa shape index (κ1) is 13.2. The number of nitrogens with one attached hydrogen (secondary N) is 1. The van der Waals surface area contributed by atoms with Gasteiger partial charge in [0.15, 0.2) is 5.84 Å². The number of amides is 1. The van der Waals surface area contributed by atoms with Crippen LogP contribution in [0.25, 0.3) is 0 Å². The molecule has 0 saturated heterocycles. The normalized spacial score (nSPS) is 13.2. The first-order chi connectivity index (χ1) is 7.95. The summed E-state index contributed by atoms with van der Waals surface area (Å²) in [6, 6.07) is 2.91. The number of carbonyl (C=O) groups excluding carboxylic acids is 1. The molecule has 1 rings (SSSR count). The van der Waals surface area contributed by atoms with E-state index in [2.05, 4.69) is 10.5 Å². The van der Waals surface area contributed by atoms with E-state index in [1.165, 1.54) is 19.1 Å². The number of rotatable bonds is 3. The Morgan fingerprint density at radius 1 is 1.65 bits per heavy atom. The quantitative estimate of drug-likeness (QED) is 0.331. The van der Waals surface area contributed by atoms with Gasteiger partial charge in [-0.2, -0.15) is 0 Å². The number of halogens is 2. The standard InChI is InChI=1S/C10H11ClFN3O2/c1-5(9(13)15-17)14-10(16)7-4-6(11)2-3-8(7)12/h2-5,17H,1H3,(H2,13,15)(H,14,16). The summed E-state index contributed by atoms with van der Waals surface area (Å²) >= 11 is 5.65. The maximum Gasteiger partial charge on any atom is 0.254 e. The van der Waals surface area contributed by atoms with Gasteiger partial charge in [0, 0.05) is 5.02 Å². The van der Waals surface area contributed by atoms with E-state index in [4.69, 9.17) is 22.5 Å². The van der Waals surface area contributed by atoms with Crippen LogP contribution in [-0.4, -0.2) is 23.0 Å². The summed E-state index contributed by atoms with van der Waals surface area (Å²) in [5, 5.41) is 13.7. The fourth-order valence-electron chi connectivity index (χ4n) is 1.11. The Hall–Kier alpha value is -1.82. The van der Waals surface area contributed by atoms with Crippen molar-refractivity contribution in [2.24, 2.45) is 10.9 Å². The number of carbonyl (C=O) groups is 1. The Labute approximate surface area is 102 Å². The molecular formula is C10H11ClFN3O2. The SMILES string of the molecule is CC(NC(=O)c1cc(Cl)ccc1F)/C(N)=N/O. The smallest absolute Gasteiger partial charge is 0.254 e. The molecule has 1 aromatic rings. The fourth-order valence-corrected chi connectivity index (χ4v) is 1.28. The van der Waals surface area contributed by atoms with Crippen molar-refractivity contribution in [1.29, 1.82) is 0 Å². The predicted molar refractivity (Wildman–Crippen MR) is 61.7 cm³/mol. The molecule has 0 bridgehead atoms. The molecule has 0 radical (unpaired) electrons. The summed E-state index contributed by atoms with van der Waals surface area (Å²) in [5.41, 5.74) is 5.08. The highest BCUT2D eigenvalue weighted by Crippen LogP contribution is 2.14. The molecule has 0 fully saturated rings. The molecule has 0 aliphatic rings. The summed E-state index contributed by atoms with van der Waals surface area (Å²) in [4.78, 5) is 11.6. The third-order valence-electron chi connectivity index (χ3n) is 2.08. The van der Waals surface area contributed by atoms with Gasteiger partial charge in [-0.1, -0.05) is 16.8 Å². The van der Waals surface area contributed by atoms with Crippen LogP contribution < -0.4 is 11.1 Å². The third kappa shape index (κ3) is 3.32. The van der Waals surface area contributed by atoms with Crippen LogP contribution in [0, 0.1) is 5.82 Å². The van der Waals surface area contributed by atoms with E-state index in [-0.39, 0.29) is 16.4 Å². The zero-order valence-electron chi connectivity index (χ0n) is 8.95. The van der Waals surface area contributed by atoms with Crippen molar-refractivity contribution < 1.29 is 14.4 Å². The second-order valence-electron chi connectivity index (χ2n) is 3.34. The van der Waals surface area contributed by atoms with E-state index in [0.717, 1.165) is 6.07 Å². The van der Waals surface area contributed by atoms with Crippen molar-refractivity contribution in [3.8, 4) is 0 Å². The number of nitrogens with two attached hydrogens (primary N) is 1. The summed E-state index contributed by atoms with van der Waals surface area (Å²) < 4.78 is 13.3. The molecule has 0 spiro atoms. The van der Waals surface area contributed by atoms with E-state index in [1.54, 1.807) is 0 Å². The van der Waals surface area contributed by atoms with Crippen LogP contribution >= 0.6 is 11.6 Å². The molecule has 7 heteroatoms. The van der Waals surface area contributed by atoms with Gasteiger partial charge in [0.2, 0.25) is 0 Å². The average molecular weight is 260 g/mol. The molecule has 1 unspecified atom stereocenters. The fraction of sp³-hybridized carbons (Fsp3) is 0.200. The number of hydrogen-bond acceptors (Lipinski definition) is 3. The third-order valence-corrected chi connectivity index (χ3v) is 2.31. The zero-order valence-corrected chi connectivity index (χ0v) is 9.70. The van der Waals surface area contributed by atoms with E-state index in [0.29, 0.717) is 0 Å². The van der Waals surface area contributed by atoms with Crippen LogP contribution in [0.15, 0.2) is 23.4 Å². The molecule has 1 atom stereocenters. The Kier molecular flexibility index (Phi) is 4.28. The lowest BCUT2D eigenvalue weighted by Crippen LogP contribution is -2.42. The summed E-state index contributed by atoms with van der Waals surface area (Å²) in [6.45, 7) is 1.50. The van der Waals surface area contributed by atoms with E-state index < -0.39 is 17.8 Å². The number of nitrogens with zero attached hydrogens (tertiary/aromatic N) is 1. The zero-order chi connectivity index (χ0) is 13.0. The highest BCUT2D eigenvalue weighted by molar-refractivity contribution is 6.31. The molecule has 0 aromatic heterocycles. The van der Waals surface area contributed by atoms with E-state index in [1.807, 2.05) is 0 Å². The van der Waals surface area contributed by atoms with Gasteiger partial charge < -0.3 is 16.3 Å². The minimum Gasteiger partial charge on any atom is -0.409 e. The van der Waals surface area contributed by atoms with Crippen molar-refractivity contribution in [2.45, 2.75) is 13.0 Å². The van der Waals surface area contributed by atoms with Gasteiger partial charge in [-0.05, 0) is 25.1 Å². The number of oxime groups is 1. The lowest BCUT2D eigenvalue weighted by Gasteiger charge is -2.12. The Morgan fingerprint density at radius 3 is 2.88 bits per heavy atom. The summed E-state index contributed by atoms with van der Waals surface area (Å²) in [6.07, 6.45) is 0. The van der Waals surface area contributed by atoms with E-state index in [9.17, 15) is 9.18 Å². The summed E-state index contributed by atoms with van der Waals surface area (Å²) in [5.74, 6) is -1.57. The minimum absolute atomic E-state index is 0.180. The molecule has 4 N–H and O–H groups in total. The molecule has 1 amide bonds. The van der Waals surface area contributed by atoms with Crippen LogP contribution in [0.4, 0.5) is 4.39 Å². The van der Waals surface area contributed by atoms with Gasteiger partial charge in [0.05, 0.1) is 11.6 Å². The Bertz CT molecular complexity index is 465. The van der Waals surface area contributed by atoms with Crippen molar-refractivity contribution in [3.05, 3.63) is 34.6 Å². The maximum atomic E-state index is 13.3. The molecule has 0 aliphatic heterocycles. The molecule has 0 heterocycles. The number of amidine groups is 1. The van der Waals surface area contributed by atoms with Gasteiger partial charge >= 0.3 is 0 Å². The lowest BCUT2D eigenvalue weighted by molar-refractivity contribution is 0.0944. The van der Waals surface area contributed by atoms with Crippen LogP contribution in [0.1, 0.15) is 17.3 Å². The van der Waals surface area contributed by atoms with Crippen molar-refractivity contribution >= 4 is 23.3 Å². The molecular weight excluding hydrogens is 249 g/mol. The van der Waals surface area contributed by atoms with Crippen molar-refractivity contribution in [2.75, 3.05) is 0 Å². The highest BCUT2D eigenvalue weighted by Gasteiger charge is 2.16. The second-order valence-corrected chi connectivity index (χ2v) is 3.78. The molecule has 1 aromatic carbocycles. The van der Waals surface area contributed by atoms with Crippen LogP contribution in [0.5, 0.6) is 0 Å². The van der Waals surface area contributed by atoms with Gasteiger partial charge in [0.25, 0.3) is 5.91 Å². The first-order valence-electron chi connectivity index (χ1n) is 4.69. The van der Waals surface area contributed by atoms with Gasteiger partial charge in [-0.3, -0.25) is 4.79 Å². The highest BCUT2D eigenvalue weighted by atomic mass is 35.5. The maximum absolute atomic E-state index is 13.3. The predicted octanol–water partition coefficient (Wildman–Crippen LogP) is 1.34. The van der Waals surface area contributed by atoms with E-state index >= 15 is 0 Å². The monoisotopic (exact) mass is 259 g/mol.